The lowest BCUT2D eigenvalue weighted by Gasteiger charge is -2.34. The molecule has 1 aliphatic heterocycles. The maximum absolute atomic E-state index is 4.77. The number of piperazine rings is 1. The molecule has 1 saturated heterocycles. The van der Waals surface area contributed by atoms with Crippen molar-refractivity contribution in [1.82, 2.24) is 19.9 Å². The van der Waals surface area contributed by atoms with E-state index in [9.17, 15) is 0 Å². The van der Waals surface area contributed by atoms with E-state index in [0.29, 0.717) is 0 Å². The normalized spacial score (nSPS) is 16.0. The zero-order chi connectivity index (χ0) is 16.7. The monoisotopic (exact) mass is 321 g/mol. The highest BCUT2D eigenvalue weighted by Crippen LogP contribution is 2.27. The van der Waals surface area contributed by atoms with E-state index >= 15 is 0 Å². The summed E-state index contributed by atoms with van der Waals surface area (Å²) in [7, 11) is 2.18. The molecule has 0 atom stereocenters. The topological polar surface area (TPSA) is 48.1 Å². The number of hydrogen-bond acceptors (Lipinski definition) is 4. The third kappa shape index (κ3) is 2.76. The van der Waals surface area contributed by atoms with Crippen molar-refractivity contribution in [3.63, 3.8) is 0 Å². The standard InChI is InChI=1S/C19H23N5/c1-13-4-5-16(20-12-13)19-21-17-11-15(10-14(2)18(17)22-19)24-8-6-23(3)7-9-24/h4-5,10-12H,6-9H2,1-3H3,(H,21,22). The van der Waals surface area contributed by atoms with Crippen molar-refractivity contribution in [2.45, 2.75) is 13.8 Å². The quantitative estimate of drug-likeness (QED) is 0.788. The van der Waals surface area contributed by atoms with Crippen molar-refractivity contribution in [3.8, 4) is 11.5 Å². The van der Waals surface area contributed by atoms with Crippen LogP contribution in [0.25, 0.3) is 22.6 Å². The summed E-state index contributed by atoms with van der Waals surface area (Å²) in [5, 5.41) is 0. The number of fused-ring (bicyclic) bond motifs is 1. The lowest BCUT2D eigenvalue weighted by atomic mass is 10.1. The predicted molar refractivity (Wildman–Crippen MR) is 98.5 cm³/mol. The van der Waals surface area contributed by atoms with E-state index in [-0.39, 0.29) is 0 Å². The van der Waals surface area contributed by atoms with E-state index in [0.717, 1.165) is 54.3 Å². The maximum atomic E-state index is 4.77. The van der Waals surface area contributed by atoms with Crippen LogP contribution in [0, 0.1) is 13.8 Å². The second-order valence-electron chi connectivity index (χ2n) is 6.76. The average molecular weight is 321 g/mol. The van der Waals surface area contributed by atoms with Gasteiger partial charge in [0.1, 0.15) is 5.69 Å². The van der Waals surface area contributed by atoms with Gasteiger partial charge in [0, 0.05) is 38.1 Å². The van der Waals surface area contributed by atoms with Crippen LogP contribution >= 0.6 is 0 Å². The molecule has 0 amide bonds. The van der Waals surface area contributed by atoms with Gasteiger partial charge in [0.25, 0.3) is 0 Å². The molecule has 124 valence electrons. The summed E-state index contributed by atoms with van der Waals surface area (Å²) in [5.41, 5.74) is 6.64. The maximum Gasteiger partial charge on any atom is 0.157 e. The molecule has 1 N–H and O–H groups in total. The van der Waals surface area contributed by atoms with Crippen molar-refractivity contribution in [1.29, 1.82) is 0 Å². The van der Waals surface area contributed by atoms with Gasteiger partial charge in [-0.2, -0.15) is 0 Å². The van der Waals surface area contributed by atoms with E-state index in [4.69, 9.17) is 4.98 Å². The Hall–Kier alpha value is -2.40. The zero-order valence-corrected chi connectivity index (χ0v) is 14.5. The van der Waals surface area contributed by atoms with Gasteiger partial charge in [-0.15, -0.1) is 0 Å². The highest BCUT2D eigenvalue weighted by atomic mass is 15.2. The Morgan fingerprint density at radius 1 is 1.04 bits per heavy atom. The van der Waals surface area contributed by atoms with Gasteiger partial charge < -0.3 is 14.8 Å². The number of H-pyrrole nitrogens is 1. The number of benzene rings is 1. The number of pyridine rings is 1. The molecular formula is C19H23N5. The highest BCUT2D eigenvalue weighted by Gasteiger charge is 2.17. The summed E-state index contributed by atoms with van der Waals surface area (Å²) in [6, 6.07) is 8.56. The lowest BCUT2D eigenvalue weighted by Crippen LogP contribution is -2.44. The van der Waals surface area contributed by atoms with Crippen LogP contribution in [0.3, 0.4) is 0 Å². The van der Waals surface area contributed by atoms with E-state index in [1.165, 1.54) is 11.3 Å². The minimum absolute atomic E-state index is 0.837. The number of aromatic amines is 1. The summed E-state index contributed by atoms with van der Waals surface area (Å²) >= 11 is 0. The van der Waals surface area contributed by atoms with E-state index in [2.05, 4.69) is 51.9 Å². The van der Waals surface area contributed by atoms with Crippen molar-refractivity contribution < 1.29 is 0 Å². The minimum atomic E-state index is 0.837. The molecule has 1 fully saturated rings. The van der Waals surface area contributed by atoms with Gasteiger partial charge in [0.2, 0.25) is 0 Å². The number of aryl methyl sites for hydroxylation is 2. The van der Waals surface area contributed by atoms with Crippen LogP contribution in [0.1, 0.15) is 11.1 Å². The first-order chi connectivity index (χ1) is 11.6. The molecule has 0 unspecified atom stereocenters. The molecule has 0 radical (unpaired) electrons. The van der Waals surface area contributed by atoms with Gasteiger partial charge in [-0.25, -0.2) is 4.98 Å². The molecule has 5 heteroatoms. The molecule has 2 aromatic heterocycles. The second kappa shape index (κ2) is 5.91. The summed E-state index contributed by atoms with van der Waals surface area (Å²) in [4.78, 5) is 17.5. The minimum Gasteiger partial charge on any atom is -0.369 e. The van der Waals surface area contributed by atoms with Crippen LogP contribution in [0.4, 0.5) is 5.69 Å². The van der Waals surface area contributed by atoms with Gasteiger partial charge in [-0.3, -0.25) is 4.98 Å². The predicted octanol–water partition coefficient (Wildman–Crippen LogP) is 2.99. The number of anilines is 1. The van der Waals surface area contributed by atoms with Crippen LogP contribution in [-0.2, 0) is 0 Å². The molecule has 5 nitrogen and oxygen atoms in total. The average Bonchev–Trinajstić information content (AvgIpc) is 3.01. The fraction of sp³-hybridized carbons (Fsp3) is 0.368. The summed E-state index contributed by atoms with van der Waals surface area (Å²) in [6.07, 6.45) is 1.88. The van der Waals surface area contributed by atoms with Crippen molar-refractivity contribution >= 4 is 16.7 Å². The van der Waals surface area contributed by atoms with E-state index in [1.807, 2.05) is 19.2 Å². The fourth-order valence-corrected chi connectivity index (χ4v) is 3.25. The van der Waals surface area contributed by atoms with Crippen molar-refractivity contribution in [2.24, 2.45) is 0 Å². The summed E-state index contributed by atoms with van der Waals surface area (Å²) in [5.74, 6) is 0.837. The van der Waals surface area contributed by atoms with Gasteiger partial charge >= 0.3 is 0 Å². The summed E-state index contributed by atoms with van der Waals surface area (Å²) in [6.45, 7) is 8.54. The number of nitrogens with zero attached hydrogens (tertiary/aromatic N) is 4. The van der Waals surface area contributed by atoms with Gasteiger partial charge in [-0.05, 0) is 50.2 Å². The SMILES string of the molecule is Cc1ccc(-c2nc3c(C)cc(N4CCN(C)CC4)cc3[nH]2)nc1. The number of rotatable bonds is 2. The largest absolute Gasteiger partial charge is 0.369 e. The fourth-order valence-electron chi connectivity index (χ4n) is 3.25. The van der Waals surface area contributed by atoms with Crippen LogP contribution in [0.2, 0.25) is 0 Å². The molecule has 0 bridgehead atoms. The van der Waals surface area contributed by atoms with Crippen LogP contribution in [-0.4, -0.2) is 53.1 Å². The molecular weight excluding hydrogens is 298 g/mol. The molecule has 1 aliphatic rings. The third-order valence-electron chi connectivity index (χ3n) is 4.78. The Bertz CT molecular complexity index is 857. The highest BCUT2D eigenvalue weighted by molar-refractivity contribution is 5.85. The Labute approximate surface area is 142 Å². The molecule has 0 spiro atoms. The molecule has 0 saturated carbocycles. The molecule has 4 rings (SSSR count). The van der Waals surface area contributed by atoms with Crippen LogP contribution < -0.4 is 4.90 Å². The molecule has 1 aromatic carbocycles. The first kappa shape index (κ1) is 15.1. The Kier molecular flexibility index (Phi) is 3.73. The second-order valence-corrected chi connectivity index (χ2v) is 6.76. The van der Waals surface area contributed by atoms with Crippen LogP contribution in [0.5, 0.6) is 0 Å². The molecule has 0 aliphatic carbocycles. The van der Waals surface area contributed by atoms with E-state index in [1.54, 1.807) is 0 Å². The smallest absolute Gasteiger partial charge is 0.157 e. The van der Waals surface area contributed by atoms with Gasteiger partial charge in [0.15, 0.2) is 5.82 Å². The van der Waals surface area contributed by atoms with Crippen molar-refractivity contribution in [2.75, 3.05) is 38.1 Å². The first-order valence-electron chi connectivity index (χ1n) is 8.47. The number of hydrogen-bond donors (Lipinski definition) is 1. The van der Waals surface area contributed by atoms with Gasteiger partial charge in [-0.1, -0.05) is 6.07 Å². The lowest BCUT2D eigenvalue weighted by molar-refractivity contribution is 0.313. The Morgan fingerprint density at radius 2 is 1.83 bits per heavy atom. The number of aromatic nitrogens is 3. The Morgan fingerprint density at radius 3 is 2.54 bits per heavy atom. The van der Waals surface area contributed by atoms with E-state index < -0.39 is 0 Å². The number of imidazole rings is 1. The molecule has 3 aromatic rings. The molecule has 24 heavy (non-hydrogen) atoms. The van der Waals surface area contributed by atoms with Crippen molar-refractivity contribution in [3.05, 3.63) is 41.6 Å². The molecule has 3 heterocycles. The zero-order valence-electron chi connectivity index (χ0n) is 14.5. The van der Waals surface area contributed by atoms with Gasteiger partial charge in [0.05, 0.1) is 11.0 Å². The Balaban J connectivity index is 1.71. The first-order valence-corrected chi connectivity index (χ1v) is 8.47. The summed E-state index contributed by atoms with van der Waals surface area (Å²) < 4.78 is 0. The number of nitrogens with one attached hydrogen (secondary N) is 1. The van der Waals surface area contributed by atoms with Crippen LogP contribution in [0.15, 0.2) is 30.5 Å². The third-order valence-corrected chi connectivity index (χ3v) is 4.78. The number of likely N-dealkylation sites (N-methyl/N-ethyl adjacent to an activating group) is 1.